The average molecular weight is 588 g/mol. The summed E-state index contributed by atoms with van der Waals surface area (Å²) in [7, 11) is 0. The maximum absolute atomic E-state index is 13.7. The van der Waals surface area contributed by atoms with Gasteiger partial charge >= 0.3 is 5.97 Å². The maximum Gasteiger partial charge on any atom is 0.325 e. The number of nitrogens with two attached hydrogens (primary N) is 1. The molecule has 11 nitrogen and oxygen atoms in total. The molecule has 0 aliphatic rings. The minimum atomic E-state index is -1.23. The topological polar surface area (TPSA) is 180 Å². The van der Waals surface area contributed by atoms with E-state index in [-0.39, 0.29) is 19.4 Å². The normalized spacial score (nSPS) is 13.1. The number of carboxylic acid groups (broad SMARTS) is 1. The fourth-order valence-corrected chi connectivity index (χ4v) is 4.63. The number of hydrogen-bond acceptors (Lipinski definition) is 6. The lowest BCUT2D eigenvalue weighted by molar-refractivity contribution is -0.141. The van der Waals surface area contributed by atoms with Gasteiger partial charge in [-0.2, -0.15) is 0 Å². The van der Waals surface area contributed by atoms with Crippen molar-refractivity contribution in [3.8, 4) is 0 Å². The SMILES string of the molecule is C[C@H](NC(=O)[C@H](C)NC(=O)[C@H](CCC(=O)NC(c1ccccc1)(c1ccccc1)c1ccccc1)NC(=O)CN)C(=O)O. The summed E-state index contributed by atoms with van der Waals surface area (Å²) in [5.41, 5.74) is 6.84. The molecule has 0 saturated carbocycles. The van der Waals surface area contributed by atoms with Gasteiger partial charge in [-0.3, -0.25) is 24.0 Å². The maximum atomic E-state index is 13.7. The first-order valence-electron chi connectivity index (χ1n) is 13.9. The zero-order chi connectivity index (χ0) is 31.4. The Labute approximate surface area is 250 Å². The molecule has 0 radical (unpaired) electrons. The van der Waals surface area contributed by atoms with Gasteiger partial charge in [-0.15, -0.1) is 0 Å². The molecule has 0 bridgehead atoms. The van der Waals surface area contributed by atoms with Crippen LogP contribution < -0.4 is 27.0 Å². The number of carboxylic acids is 1. The van der Waals surface area contributed by atoms with Crippen molar-refractivity contribution in [1.82, 2.24) is 21.3 Å². The van der Waals surface area contributed by atoms with Gasteiger partial charge in [0.1, 0.15) is 23.7 Å². The van der Waals surface area contributed by atoms with E-state index in [0.29, 0.717) is 0 Å². The van der Waals surface area contributed by atoms with Crippen LogP contribution in [-0.2, 0) is 29.5 Å². The number of nitrogens with one attached hydrogen (secondary N) is 4. The zero-order valence-corrected chi connectivity index (χ0v) is 24.1. The molecule has 0 heterocycles. The Kier molecular flexibility index (Phi) is 11.5. The minimum absolute atomic E-state index is 0.0995. The van der Waals surface area contributed by atoms with Crippen LogP contribution in [0.15, 0.2) is 91.0 Å². The highest BCUT2D eigenvalue weighted by atomic mass is 16.4. The Hall–Kier alpha value is -5.03. The minimum Gasteiger partial charge on any atom is -0.480 e. The van der Waals surface area contributed by atoms with Crippen LogP contribution in [-0.4, -0.2) is 59.4 Å². The van der Waals surface area contributed by atoms with Crippen LogP contribution >= 0.6 is 0 Å². The number of aliphatic carboxylic acids is 1. The van der Waals surface area contributed by atoms with Gasteiger partial charge in [-0.1, -0.05) is 91.0 Å². The van der Waals surface area contributed by atoms with E-state index in [9.17, 15) is 24.0 Å². The summed E-state index contributed by atoms with van der Waals surface area (Å²) in [5.74, 6) is -3.69. The van der Waals surface area contributed by atoms with E-state index >= 15 is 0 Å². The van der Waals surface area contributed by atoms with E-state index in [2.05, 4.69) is 21.3 Å². The second-order valence-electron chi connectivity index (χ2n) is 10.1. The first-order valence-corrected chi connectivity index (χ1v) is 13.9. The summed E-state index contributed by atoms with van der Waals surface area (Å²) in [6.45, 7) is 2.28. The second kappa shape index (κ2) is 15.3. The van der Waals surface area contributed by atoms with E-state index in [1.54, 1.807) is 0 Å². The summed E-state index contributed by atoms with van der Waals surface area (Å²) >= 11 is 0. The van der Waals surface area contributed by atoms with Crippen LogP contribution in [0.3, 0.4) is 0 Å². The number of rotatable bonds is 14. The highest BCUT2D eigenvalue weighted by Gasteiger charge is 2.38. The Morgan fingerprint density at radius 1 is 0.674 bits per heavy atom. The van der Waals surface area contributed by atoms with Gasteiger partial charge in [0, 0.05) is 6.42 Å². The zero-order valence-electron chi connectivity index (χ0n) is 24.1. The van der Waals surface area contributed by atoms with Crippen LogP contribution in [0.5, 0.6) is 0 Å². The van der Waals surface area contributed by atoms with Crippen molar-refractivity contribution in [3.63, 3.8) is 0 Å². The predicted octanol–water partition coefficient (Wildman–Crippen LogP) is 1.41. The summed E-state index contributed by atoms with van der Waals surface area (Å²) in [6.07, 6.45) is -0.258. The molecular weight excluding hydrogens is 550 g/mol. The molecule has 3 atom stereocenters. The van der Waals surface area contributed by atoms with Crippen LogP contribution in [0.4, 0.5) is 0 Å². The second-order valence-corrected chi connectivity index (χ2v) is 10.1. The van der Waals surface area contributed by atoms with Crippen LogP contribution in [0.25, 0.3) is 0 Å². The molecule has 3 rings (SSSR count). The molecule has 0 aliphatic heterocycles. The Bertz CT molecular complexity index is 1300. The molecule has 11 heteroatoms. The van der Waals surface area contributed by atoms with Crippen molar-refractivity contribution in [2.24, 2.45) is 5.73 Å². The Morgan fingerprint density at radius 3 is 1.53 bits per heavy atom. The fourth-order valence-electron chi connectivity index (χ4n) is 4.63. The number of carbonyl (C=O) groups excluding carboxylic acids is 4. The molecule has 0 saturated heterocycles. The van der Waals surface area contributed by atoms with E-state index in [0.717, 1.165) is 16.7 Å². The molecule has 0 aliphatic carbocycles. The van der Waals surface area contributed by atoms with Gasteiger partial charge in [0.25, 0.3) is 0 Å². The number of hydrogen-bond donors (Lipinski definition) is 6. The Morgan fingerprint density at radius 2 is 1.12 bits per heavy atom. The smallest absolute Gasteiger partial charge is 0.325 e. The number of amides is 4. The third-order valence-electron chi connectivity index (χ3n) is 6.93. The van der Waals surface area contributed by atoms with Gasteiger partial charge in [0.2, 0.25) is 23.6 Å². The molecule has 0 unspecified atom stereocenters. The lowest BCUT2D eigenvalue weighted by atomic mass is 9.77. The van der Waals surface area contributed by atoms with E-state index in [1.807, 2.05) is 91.0 Å². The summed E-state index contributed by atoms with van der Waals surface area (Å²) in [4.78, 5) is 62.3. The number of carbonyl (C=O) groups is 5. The van der Waals surface area contributed by atoms with Crippen molar-refractivity contribution >= 4 is 29.6 Å². The predicted molar refractivity (Wildman–Crippen MR) is 160 cm³/mol. The molecule has 0 aromatic heterocycles. The van der Waals surface area contributed by atoms with Crippen LogP contribution in [0, 0.1) is 0 Å². The summed E-state index contributed by atoms with van der Waals surface area (Å²) < 4.78 is 0. The van der Waals surface area contributed by atoms with Gasteiger partial charge in [-0.25, -0.2) is 0 Å². The van der Waals surface area contributed by atoms with E-state index < -0.39 is 53.3 Å². The van der Waals surface area contributed by atoms with Crippen LogP contribution in [0.1, 0.15) is 43.4 Å². The first kappa shape index (κ1) is 32.5. The highest BCUT2D eigenvalue weighted by Crippen LogP contribution is 2.36. The van der Waals surface area contributed by atoms with E-state index in [1.165, 1.54) is 13.8 Å². The largest absolute Gasteiger partial charge is 0.480 e. The van der Waals surface area contributed by atoms with Gasteiger partial charge in [0.15, 0.2) is 0 Å². The van der Waals surface area contributed by atoms with E-state index in [4.69, 9.17) is 10.8 Å². The first-order chi connectivity index (χ1) is 20.6. The molecule has 0 spiro atoms. The third-order valence-corrected chi connectivity index (χ3v) is 6.93. The van der Waals surface area contributed by atoms with Gasteiger partial charge in [-0.05, 0) is 37.0 Å². The van der Waals surface area contributed by atoms with Crippen molar-refractivity contribution in [1.29, 1.82) is 0 Å². The van der Waals surface area contributed by atoms with Crippen molar-refractivity contribution in [2.75, 3.05) is 6.54 Å². The van der Waals surface area contributed by atoms with Crippen molar-refractivity contribution in [3.05, 3.63) is 108 Å². The molecule has 3 aromatic carbocycles. The lowest BCUT2D eigenvalue weighted by Gasteiger charge is -2.37. The van der Waals surface area contributed by atoms with Gasteiger partial charge < -0.3 is 32.1 Å². The van der Waals surface area contributed by atoms with Crippen molar-refractivity contribution in [2.45, 2.75) is 50.4 Å². The molecule has 226 valence electrons. The van der Waals surface area contributed by atoms with Crippen molar-refractivity contribution < 1.29 is 29.1 Å². The fraction of sp³-hybridized carbons (Fsp3) is 0.281. The standard InChI is InChI=1S/C32H37N5O6/c1-21(29(40)35-22(2)31(42)43)34-30(41)26(36-28(39)20-33)18-19-27(38)37-32(23-12-6-3-7-13-23,24-14-8-4-9-15-24)25-16-10-5-11-17-25/h3-17,21-22,26H,18-20,33H2,1-2H3,(H,34,41)(H,35,40)(H,36,39)(H,37,38)(H,42,43)/t21-,22-,26-/m0/s1. The quantitative estimate of drug-likeness (QED) is 0.154. The summed E-state index contributed by atoms with van der Waals surface area (Å²) in [6, 6.07) is 25.1. The molecule has 4 amide bonds. The highest BCUT2D eigenvalue weighted by molar-refractivity contribution is 5.93. The summed E-state index contributed by atoms with van der Waals surface area (Å²) in [5, 5.41) is 19.5. The molecule has 7 N–H and O–H groups in total. The average Bonchev–Trinajstić information content (AvgIpc) is 3.02. The van der Waals surface area contributed by atoms with Crippen LogP contribution in [0.2, 0.25) is 0 Å². The van der Waals surface area contributed by atoms with Gasteiger partial charge in [0.05, 0.1) is 6.54 Å². The molecule has 0 fully saturated rings. The lowest BCUT2D eigenvalue weighted by Crippen LogP contribution is -2.55. The monoisotopic (exact) mass is 587 g/mol. The molecule has 3 aromatic rings. The number of benzene rings is 3. The third kappa shape index (κ3) is 8.49. The Balaban J connectivity index is 1.85. The molecule has 43 heavy (non-hydrogen) atoms. The molecular formula is C32H37N5O6.